The zero-order valence-electron chi connectivity index (χ0n) is 9.17. The molecule has 2 aromatic rings. The molecule has 0 radical (unpaired) electrons. The highest BCUT2D eigenvalue weighted by atomic mass is 79.9. The first kappa shape index (κ1) is 13.6. The molecule has 0 spiro atoms. The Kier molecular flexibility index (Phi) is 5.10. The minimum atomic E-state index is 0.985. The second-order valence-corrected chi connectivity index (χ2v) is 8.26. The van der Waals surface area contributed by atoms with Crippen LogP contribution in [0.4, 0.5) is 0 Å². The van der Waals surface area contributed by atoms with E-state index >= 15 is 0 Å². The Hall–Kier alpha value is 0.180. The summed E-state index contributed by atoms with van der Waals surface area (Å²) in [5, 5.41) is 13.7. The number of hydrogen-bond donors (Lipinski definition) is 1. The number of halogens is 2. The Morgan fingerprint density at radius 1 is 1.29 bits per heavy atom. The van der Waals surface area contributed by atoms with Gasteiger partial charge in [-0.05, 0) is 57.9 Å². The average Bonchev–Trinajstić information content (AvgIpc) is 2.86. The number of aryl methyl sites for hydroxylation is 1. The molecule has 92 valence electrons. The first-order valence-corrected chi connectivity index (χ1v) is 8.35. The van der Waals surface area contributed by atoms with Crippen molar-refractivity contribution in [2.24, 2.45) is 0 Å². The van der Waals surface area contributed by atoms with Crippen molar-refractivity contribution in [2.75, 3.05) is 13.6 Å². The van der Waals surface area contributed by atoms with Crippen LogP contribution in [-0.4, -0.2) is 23.8 Å². The highest BCUT2D eigenvalue weighted by Crippen LogP contribution is 2.39. The van der Waals surface area contributed by atoms with E-state index in [0.29, 0.717) is 0 Å². The van der Waals surface area contributed by atoms with Gasteiger partial charge in [0.1, 0.15) is 10.0 Å². The van der Waals surface area contributed by atoms with Crippen molar-refractivity contribution in [1.82, 2.24) is 15.5 Å². The molecule has 0 saturated heterocycles. The molecule has 2 aromatic heterocycles. The maximum Gasteiger partial charge on any atom is 0.149 e. The zero-order chi connectivity index (χ0) is 12.3. The van der Waals surface area contributed by atoms with E-state index in [1.54, 1.807) is 22.7 Å². The Balaban J connectivity index is 2.10. The van der Waals surface area contributed by atoms with Crippen LogP contribution in [0.15, 0.2) is 13.6 Å². The molecule has 0 atom stereocenters. The quantitative estimate of drug-likeness (QED) is 0.777. The minimum absolute atomic E-state index is 0.985. The van der Waals surface area contributed by atoms with E-state index in [-0.39, 0.29) is 0 Å². The maximum atomic E-state index is 4.24. The monoisotopic (exact) mass is 395 g/mol. The molecule has 0 bridgehead atoms. The van der Waals surface area contributed by atoms with E-state index in [4.69, 9.17) is 0 Å². The van der Waals surface area contributed by atoms with Crippen LogP contribution >= 0.6 is 54.5 Å². The molecule has 2 rings (SSSR count). The van der Waals surface area contributed by atoms with Gasteiger partial charge in [-0.25, -0.2) is 0 Å². The summed E-state index contributed by atoms with van der Waals surface area (Å²) in [6.07, 6.45) is 2.08. The summed E-state index contributed by atoms with van der Waals surface area (Å²) in [4.78, 5) is 0. The first-order valence-electron chi connectivity index (χ1n) is 5.13. The minimum Gasteiger partial charge on any atom is -0.320 e. The summed E-state index contributed by atoms with van der Waals surface area (Å²) >= 11 is 10.3. The Labute approximate surface area is 125 Å². The van der Waals surface area contributed by atoms with Crippen LogP contribution in [0.3, 0.4) is 0 Å². The van der Waals surface area contributed by atoms with Crippen LogP contribution in [0.5, 0.6) is 0 Å². The van der Waals surface area contributed by atoms with Crippen molar-refractivity contribution in [3.63, 3.8) is 0 Å². The molecule has 0 aromatic carbocycles. The Bertz CT molecular complexity index is 495. The lowest BCUT2D eigenvalue weighted by atomic mass is 10.3. The van der Waals surface area contributed by atoms with Gasteiger partial charge in [0.25, 0.3) is 0 Å². The second-order valence-electron chi connectivity index (χ2n) is 3.45. The molecule has 0 amide bonds. The highest BCUT2D eigenvalue weighted by Gasteiger charge is 2.12. The third-order valence-electron chi connectivity index (χ3n) is 2.17. The summed E-state index contributed by atoms with van der Waals surface area (Å²) in [5.41, 5.74) is 1.12. The Morgan fingerprint density at radius 3 is 2.76 bits per heavy atom. The molecule has 0 aliphatic rings. The van der Waals surface area contributed by atoms with Crippen LogP contribution in [0.1, 0.15) is 11.4 Å². The lowest BCUT2D eigenvalue weighted by molar-refractivity contribution is 0.718. The normalized spacial score (nSPS) is 11.0. The number of nitrogens with one attached hydrogen (secondary N) is 1. The molecule has 0 unspecified atom stereocenters. The molecule has 0 fully saturated rings. The molecule has 0 saturated carbocycles. The van der Waals surface area contributed by atoms with Crippen molar-refractivity contribution < 1.29 is 0 Å². The fourth-order valence-corrected chi connectivity index (χ4v) is 5.27. The van der Waals surface area contributed by atoms with Crippen LogP contribution in [-0.2, 0) is 6.42 Å². The van der Waals surface area contributed by atoms with Crippen LogP contribution in [0, 0.1) is 0 Å². The van der Waals surface area contributed by atoms with E-state index in [1.807, 2.05) is 7.05 Å². The third-order valence-corrected chi connectivity index (χ3v) is 5.53. The van der Waals surface area contributed by atoms with E-state index in [0.717, 1.165) is 42.5 Å². The van der Waals surface area contributed by atoms with Crippen molar-refractivity contribution in [3.8, 4) is 10.6 Å². The SMILES string of the molecule is CNCCCc1nnc(-c2cc(Br)sc2Br)s1. The predicted octanol–water partition coefficient (Wildman–Crippen LogP) is 3.94. The average molecular weight is 397 g/mol. The highest BCUT2D eigenvalue weighted by molar-refractivity contribution is 9.12. The van der Waals surface area contributed by atoms with E-state index in [2.05, 4.69) is 53.4 Å². The molecule has 3 nitrogen and oxygen atoms in total. The molecule has 0 aliphatic heterocycles. The summed E-state index contributed by atoms with van der Waals surface area (Å²) in [6, 6.07) is 2.08. The standard InChI is InChI=1S/C10H11Br2N3S2/c1-13-4-2-3-8-14-15-10(17-8)6-5-7(11)16-9(6)12/h5,13H,2-4H2,1H3. The number of aromatic nitrogens is 2. The molecular formula is C10H11Br2N3S2. The van der Waals surface area contributed by atoms with Crippen LogP contribution < -0.4 is 5.32 Å². The van der Waals surface area contributed by atoms with Gasteiger partial charge in [-0.2, -0.15) is 0 Å². The lowest BCUT2D eigenvalue weighted by Gasteiger charge is -1.94. The third kappa shape index (κ3) is 3.57. The van der Waals surface area contributed by atoms with Crippen molar-refractivity contribution in [3.05, 3.63) is 18.6 Å². The van der Waals surface area contributed by atoms with Crippen LogP contribution in [0.25, 0.3) is 10.6 Å². The first-order chi connectivity index (χ1) is 8.20. The second kappa shape index (κ2) is 6.38. The van der Waals surface area contributed by atoms with Gasteiger partial charge in [0.05, 0.1) is 7.57 Å². The fourth-order valence-electron chi connectivity index (χ4n) is 1.37. The van der Waals surface area contributed by atoms with Gasteiger partial charge in [-0.1, -0.05) is 11.3 Å². The van der Waals surface area contributed by atoms with Crippen molar-refractivity contribution in [1.29, 1.82) is 0 Å². The molecule has 0 aliphatic carbocycles. The number of nitrogens with zero attached hydrogens (tertiary/aromatic N) is 2. The van der Waals surface area contributed by atoms with Crippen molar-refractivity contribution in [2.45, 2.75) is 12.8 Å². The molecule has 7 heteroatoms. The number of thiophene rings is 1. The largest absolute Gasteiger partial charge is 0.320 e. The molecule has 1 N–H and O–H groups in total. The van der Waals surface area contributed by atoms with Gasteiger partial charge >= 0.3 is 0 Å². The molecule has 2 heterocycles. The smallest absolute Gasteiger partial charge is 0.149 e. The summed E-state index contributed by atoms with van der Waals surface area (Å²) in [7, 11) is 1.96. The van der Waals surface area contributed by atoms with Gasteiger partial charge in [0, 0.05) is 12.0 Å². The van der Waals surface area contributed by atoms with Gasteiger partial charge in [0.2, 0.25) is 0 Å². The summed E-state index contributed by atoms with van der Waals surface area (Å²) in [6.45, 7) is 1.02. The van der Waals surface area contributed by atoms with Gasteiger partial charge in [0.15, 0.2) is 0 Å². The Morgan fingerprint density at radius 2 is 2.12 bits per heavy atom. The van der Waals surface area contributed by atoms with E-state index < -0.39 is 0 Å². The van der Waals surface area contributed by atoms with Gasteiger partial charge in [-0.3, -0.25) is 0 Å². The summed E-state index contributed by atoms with van der Waals surface area (Å²) < 4.78 is 2.20. The van der Waals surface area contributed by atoms with E-state index in [1.165, 1.54) is 0 Å². The fraction of sp³-hybridized carbons (Fsp3) is 0.400. The van der Waals surface area contributed by atoms with Crippen LogP contribution in [0.2, 0.25) is 0 Å². The van der Waals surface area contributed by atoms with Crippen molar-refractivity contribution >= 4 is 54.5 Å². The topological polar surface area (TPSA) is 37.8 Å². The number of hydrogen-bond acceptors (Lipinski definition) is 5. The van der Waals surface area contributed by atoms with Gasteiger partial charge < -0.3 is 5.32 Å². The maximum absolute atomic E-state index is 4.24. The van der Waals surface area contributed by atoms with E-state index in [9.17, 15) is 0 Å². The molecule has 17 heavy (non-hydrogen) atoms. The van der Waals surface area contributed by atoms with Gasteiger partial charge in [-0.15, -0.1) is 21.5 Å². The zero-order valence-corrected chi connectivity index (χ0v) is 14.0. The predicted molar refractivity (Wildman–Crippen MR) is 80.9 cm³/mol. The number of rotatable bonds is 5. The molecular weight excluding hydrogens is 386 g/mol. The lowest BCUT2D eigenvalue weighted by Crippen LogP contribution is -2.08. The summed E-state index contributed by atoms with van der Waals surface area (Å²) in [5.74, 6) is 0.